The molecule has 0 spiro atoms. The van der Waals surface area contributed by atoms with Crippen LogP contribution in [0.4, 0.5) is 4.79 Å². The Kier molecular flexibility index (Phi) is 24.1. The highest BCUT2D eigenvalue weighted by Crippen LogP contribution is 2.44. The molecule has 1 fully saturated rings. The van der Waals surface area contributed by atoms with E-state index in [2.05, 4.69) is 29.6 Å². The lowest BCUT2D eigenvalue weighted by atomic mass is 9.98. The molecule has 0 bridgehead atoms. The Balaban J connectivity index is 0.804. The summed E-state index contributed by atoms with van der Waals surface area (Å²) in [7, 11) is 1.72. The molecule has 0 atom stereocenters. The fourth-order valence-corrected chi connectivity index (χ4v) is 6.09. The van der Waals surface area contributed by atoms with Gasteiger partial charge < -0.3 is 62.3 Å². The third-order valence-corrected chi connectivity index (χ3v) is 9.06. The van der Waals surface area contributed by atoms with Crippen LogP contribution in [-0.2, 0) is 52.1 Å². The minimum atomic E-state index is -0.362. The van der Waals surface area contributed by atoms with Crippen LogP contribution in [0.15, 0.2) is 48.5 Å². The van der Waals surface area contributed by atoms with Crippen molar-refractivity contribution in [3.05, 3.63) is 59.7 Å². The van der Waals surface area contributed by atoms with Crippen LogP contribution in [0.25, 0.3) is 11.1 Å². The molecule has 2 aromatic carbocycles. The van der Waals surface area contributed by atoms with E-state index in [0.29, 0.717) is 145 Å². The smallest absolute Gasteiger partial charge is 0.409 e. The van der Waals surface area contributed by atoms with Crippen LogP contribution in [0.1, 0.15) is 29.9 Å². The van der Waals surface area contributed by atoms with Gasteiger partial charge in [-0.05, 0) is 48.2 Å². The molecule has 1 heterocycles. The maximum atomic E-state index is 12.6. The Bertz CT molecular complexity index is 1220. The molecule has 310 valence electrons. The first-order valence-electron chi connectivity index (χ1n) is 19.8. The van der Waals surface area contributed by atoms with Crippen molar-refractivity contribution < 1.29 is 56.9 Å². The molecule has 0 unspecified atom stereocenters. The summed E-state index contributed by atoms with van der Waals surface area (Å²) >= 11 is 0. The zero-order valence-electron chi connectivity index (χ0n) is 32.8. The number of nitrogens with zero attached hydrogens (tertiary/aromatic N) is 1. The summed E-state index contributed by atoms with van der Waals surface area (Å²) in [5.74, 6) is 0.0400. The molecule has 1 aliphatic carbocycles. The Morgan fingerprint density at radius 2 is 0.909 bits per heavy atom. The average molecular weight is 777 g/mol. The number of hydrogen-bond donors (Lipinski definition) is 1. The van der Waals surface area contributed by atoms with Gasteiger partial charge in [0.15, 0.2) is 0 Å². The number of nitrogens with one attached hydrogen (secondary N) is 1. The quantitative estimate of drug-likeness (QED) is 0.106. The fourth-order valence-electron chi connectivity index (χ4n) is 6.09. The number of carbonyl (C=O) groups excluding carboxylic acids is 1. The van der Waals surface area contributed by atoms with Crippen molar-refractivity contribution in [1.82, 2.24) is 10.2 Å². The van der Waals surface area contributed by atoms with E-state index in [9.17, 15) is 4.79 Å². The number of amides is 1. The van der Waals surface area contributed by atoms with Gasteiger partial charge in [0.05, 0.1) is 132 Å². The Morgan fingerprint density at radius 1 is 0.545 bits per heavy atom. The van der Waals surface area contributed by atoms with Crippen molar-refractivity contribution in [3.63, 3.8) is 0 Å². The molecule has 14 heteroatoms. The summed E-state index contributed by atoms with van der Waals surface area (Å²) in [5, 5.41) is 3.33. The highest BCUT2D eigenvalue weighted by atomic mass is 16.6. The van der Waals surface area contributed by atoms with E-state index in [0.717, 1.165) is 25.9 Å². The van der Waals surface area contributed by atoms with Crippen molar-refractivity contribution in [2.45, 2.75) is 24.9 Å². The van der Waals surface area contributed by atoms with Crippen molar-refractivity contribution in [2.24, 2.45) is 0 Å². The Hall–Kier alpha value is -2.73. The summed E-state index contributed by atoms with van der Waals surface area (Å²) in [5.41, 5.74) is 4.80. The largest absolute Gasteiger partial charge is 0.448 e. The second kappa shape index (κ2) is 29.5. The minimum absolute atomic E-state index is 0.0400. The van der Waals surface area contributed by atoms with Crippen molar-refractivity contribution in [3.8, 4) is 11.1 Å². The fraction of sp³-hybridized carbons (Fsp3) is 0.683. The van der Waals surface area contributed by atoms with Crippen LogP contribution >= 0.6 is 0 Å². The van der Waals surface area contributed by atoms with Crippen molar-refractivity contribution in [2.75, 3.05) is 159 Å². The van der Waals surface area contributed by atoms with Gasteiger partial charge in [-0.2, -0.15) is 0 Å². The monoisotopic (exact) mass is 776 g/mol. The van der Waals surface area contributed by atoms with Crippen LogP contribution in [0.3, 0.4) is 0 Å². The van der Waals surface area contributed by atoms with E-state index >= 15 is 0 Å². The first-order valence-corrected chi connectivity index (χ1v) is 19.8. The van der Waals surface area contributed by atoms with Gasteiger partial charge in [-0.1, -0.05) is 48.5 Å². The van der Waals surface area contributed by atoms with E-state index in [-0.39, 0.29) is 12.0 Å². The molecule has 14 nitrogen and oxygen atoms in total. The van der Waals surface area contributed by atoms with Gasteiger partial charge in [0, 0.05) is 19.5 Å². The second-order valence-corrected chi connectivity index (χ2v) is 13.1. The average Bonchev–Trinajstić information content (AvgIpc) is 3.54. The van der Waals surface area contributed by atoms with E-state index in [4.69, 9.17) is 52.1 Å². The number of carbonyl (C=O) groups is 1. The number of likely N-dealkylation sites (N-methyl/N-ethyl adjacent to an activating group) is 1. The molecular formula is C41H64N2O12. The molecule has 1 amide bonds. The molecule has 2 aliphatic rings. The first kappa shape index (κ1) is 45.0. The highest BCUT2D eigenvalue weighted by Gasteiger charge is 2.29. The third kappa shape index (κ3) is 18.8. The Morgan fingerprint density at radius 3 is 1.33 bits per heavy atom. The molecule has 4 rings (SSSR count). The molecule has 0 saturated carbocycles. The molecular weight excluding hydrogens is 712 g/mol. The van der Waals surface area contributed by atoms with E-state index in [1.54, 1.807) is 7.05 Å². The number of benzene rings is 2. The summed E-state index contributed by atoms with van der Waals surface area (Å²) in [6.45, 7) is 12.4. The predicted octanol–water partition coefficient (Wildman–Crippen LogP) is 3.79. The van der Waals surface area contributed by atoms with E-state index < -0.39 is 0 Å². The van der Waals surface area contributed by atoms with Gasteiger partial charge in [0.25, 0.3) is 0 Å². The Labute approximate surface area is 327 Å². The lowest BCUT2D eigenvalue weighted by Crippen LogP contribution is -2.33. The molecule has 1 saturated heterocycles. The van der Waals surface area contributed by atoms with Crippen LogP contribution in [-0.4, -0.2) is 176 Å². The first-order chi connectivity index (χ1) is 27.2. The summed E-state index contributed by atoms with van der Waals surface area (Å²) in [6, 6.07) is 16.6. The van der Waals surface area contributed by atoms with Crippen LogP contribution in [0.2, 0.25) is 0 Å². The second-order valence-electron chi connectivity index (χ2n) is 13.1. The predicted molar refractivity (Wildman–Crippen MR) is 207 cm³/mol. The number of ether oxygens (including phenoxy) is 11. The van der Waals surface area contributed by atoms with Gasteiger partial charge in [0.2, 0.25) is 0 Å². The molecule has 0 aromatic heterocycles. The zero-order valence-corrected chi connectivity index (χ0v) is 32.8. The van der Waals surface area contributed by atoms with Gasteiger partial charge in [0.1, 0.15) is 6.61 Å². The van der Waals surface area contributed by atoms with Crippen LogP contribution in [0, 0.1) is 0 Å². The number of rotatable bonds is 33. The minimum Gasteiger partial charge on any atom is -0.448 e. The highest BCUT2D eigenvalue weighted by molar-refractivity contribution is 5.79. The lowest BCUT2D eigenvalue weighted by Gasteiger charge is -2.22. The molecule has 55 heavy (non-hydrogen) atoms. The molecule has 1 N–H and O–H groups in total. The maximum Gasteiger partial charge on any atom is 0.409 e. The van der Waals surface area contributed by atoms with Crippen LogP contribution in [0.5, 0.6) is 0 Å². The van der Waals surface area contributed by atoms with Gasteiger partial charge in [-0.25, -0.2) is 4.79 Å². The van der Waals surface area contributed by atoms with Crippen LogP contribution < -0.4 is 5.32 Å². The van der Waals surface area contributed by atoms with Gasteiger partial charge >= 0.3 is 6.09 Å². The third-order valence-electron chi connectivity index (χ3n) is 9.06. The summed E-state index contributed by atoms with van der Waals surface area (Å²) < 4.78 is 61.3. The standard InChI is InChI=1S/C41H64N2O12/c1-43(41(44)55-34-40-38-8-4-2-6-36(38)37-7-3-5-9-39(37)40)14-15-45-16-17-46-18-19-47-20-21-48-22-23-49-24-25-50-26-27-51-28-29-52-30-31-53-32-33-54-35-10-12-42-13-11-35/h2-9,35,40,42H,10-34H2,1H3. The number of piperidine rings is 1. The molecule has 0 radical (unpaired) electrons. The van der Waals surface area contributed by atoms with Crippen molar-refractivity contribution in [1.29, 1.82) is 0 Å². The number of fused-ring (bicyclic) bond motifs is 3. The van der Waals surface area contributed by atoms with Gasteiger partial charge in [-0.15, -0.1) is 0 Å². The summed E-state index contributed by atoms with van der Waals surface area (Å²) in [6.07, 6.45) is 2.16. The molecule has 2 aromatic rings. The van der Waals surface area contributed by atoms with Crippen molar-refractivity contribution >= 4 is 6.09 Å². The van der Waals surface area contributed by atoms with Gasteiger partial charge in [-0.3, -0.25) is 0 Å². The van der Waals surface area contributed by atoms with E-state index in [1.807, 2.05) is 24.3 Å². The SMILES string of the molecule is CN(CCOCCOCCOCCOCCOCCOCCOCCOCCOCCOC1CCNCC1)C(=O)OCC1c2ccccc2-c2ccccc21. The normalized spacial score (nSPS) is 14.3. The number of hydrogen-bond acceptors (Lipinski definition) is 13. The van der Waals surface area contributed by atoms with E-state index in [1.165, 1.54) is 27.2 Å². The lowest BCUT2D eigenvalue weighted by molar-refractivity contribution is -0.0322. The zero-order chi connectivity index (χ0) is 38.4. The maximum absolute atomic E-state index is 12.6. The summed E-state index contributed by atoms with van der Waals surface area (Å²) in [4.78, 5) is 14.2. The topological polar surface area (TPSA) is 134 Å². The molecule has 1 aliphatic heterocycles.